The number of hydrogen-bond acceptors (Lipinski definition) is 8. The van der Waals surface area contributed by atoms with Crippen LogP contribution in [0, 0.1) is 23.0 Å². The summed E-state index contributed by atoms with van der Waals surface area (Å²) in [6.07, 6.45) is 0. The SMILES string of the molecule is Cc1cc([N+](=O)[O-])nn1CC(C)C(=O)Nc1ccc(S(=O)(=O)Nc2ccc(Cl)nn2)cc1. The van der Waals surface area contributed by atoms with E-state index >= 15 is 0 Å². The highest BCUT2D eigenvalue weighted by Gasteiger charge is 2.21. The molecule has 168 valence electrons. The maximum Gasteiger partial charge on any atom is 0.390 e. The van der Waals surface area contributed by atoms with Crippen molar-refractivity contribution >= 4 is 44.9 Å². The Bertz CT molecular complexity index is 1240. The maximum absolute atomic E-state index is 12.5. The molecule has 2 heterocycles. The zero-order chi connectivity index (χ0) is 23.5. The molecule has 1 aromatic carbocycles. The van der Waals surface area contributed by atoms with Crippen LogP contribution in [0.2, 0.25) is 5.15 Å². The molecule has 0 saturated heterocycles. The molecule has 0 aliphatic carbocycles. The van der Waals surface area contributed by atoms with E-state index in [2.05, 4.69) is 25.3 Å². The van der Waals surface area contributed by atoms with Crippen LogP contribution >= 0.6 is 11.6 Å². The van der Waals surface area contributed by atoms with Crippen LogP contribution < -0.4 is 10.0 Å². The van der Waals surface area contributed by atoms with Gasteiger partial charge in [-0.3, -0.25) is 9.52 Å². The number of aryl methyl sites for hydroxylation is 1. The van der Waals surface area contributed by atoms with Crippen molar-refractivity contribution in [1.82, 2.24) is 20.0 Å². The zero-order valence-electron chi connectivity index (χ0n) is 16.9. The molecule has 1 unspecified atom stereocenters. The number of nitro groups is 1. The summed E-state index contributed by atoms with van der Waals surface area (Å²) in [7, 11) is -3.91. The molecular formula is C18H18ClN7O5S. The third kappa shape index (κ3) is 5.56. The van der Waals surface area contributed by atoms with Gasteiger partial charge in [0.05, 0.1) is 34.2 Å². The van der Waals surface area contributed by atoms with Gasteiger partial charge in [0.25, 0.3) is 10.0 Å². The molecule has 14 heteroatoms. The van der Waals surface area contributed by atoms with E-state index in [1.54, 1.807) is 13.8 Å². The van der Waals surface area contributed by atoms with Crippen LogP contribution in [-0.2, 0) is 21.4 Å². The van der Waals surface area contributed by atoms with Crippen molar-refractivity contribution in [2.24, 2.45) is 5.92 Å². The number of benzene rings is 1. The van der Waals surface area contributed by atoms with Gasteiger partial charge in [-0.2, -0.15) is 4.68 Å². The Morgan fingerprint density at radius 3 is 2.47 bits per heavy atom. The van der Waals surface area contributed by atoms with Crippen LogP contribution in [0.1, 0.15) is 12.6 Å². The van der Waals surface area contributed by atoms with Gasteiger partial charge in [-0.15, -0.1) is 10.2 Å². The third-order valence-corrected chi connectivity index (χ3v) is 5.93. The maximum atomic E-state index is 12.5. The van der Waals surface area contributed by atoms with Crippen LogP contribution in [0.3, 0.4) is 0 Å². The minimum absolute atomic E-state index is 0.00903. The second-order valence-electron chi connectivity index (χ2n) is 6.84. The molecule has 0 bridgehead atoms. The van der Waals surface area contributed by atoms with Gasteiger partial charge in [0.1, 0.15) is 0 Å². The van der Waals surface area contributed by atoms with Crippen molar-refractivity contribution in [3.63, 3.8) is 0 Å². The highest BCUT2D eigenvalue weighted by atomic mass is 35.5. The minimum Gasteiger partial charge on any atom is -0.358 e. The average molecular weight is 480 g/mol. The summed E-state index contributed by atoms with van der Waals surface area (Å²) in [4.78, 5) is 22.7. The molecule has 32 heavy (non-hydrogen) atoms. The van der Waals surface area contributed by atoms with Crippen LogP contribution in [0.15, 0.2) is 47.4 Å². The molecule has 0 spiro atoms. The number of hydrogen-bond donors (Lipinski definition) is 2. The molecule has 1 amide bonds. The lowest BCUT2D eigenvalue weighted by Crippen LogP contribution is -2.25. The molecule has 0 saturated carbocycles. The Hall–Kier alpha value is -3.58. The number of anilines is 2. The summed E-state index contributed by atoms with van der Waals surface area (Å²) >= 11 is 5.63. The molecule has 0 radical (unpaired) electrons. The first kappa shape index (κ1) is 23.1. The number of nitrogens with one attached hydrogen (secondary N) is 2. The second kappa shape index (κ2) is 9.28. The number of carbonyl (C=O) groups is 1. The number of halogens is 1. The van der Waals surface area contributed by atoms with Gasteiger partial charge in [-0.25, -0.2) is 8.42 Å². The molecule has 0 aliphatic heterocycles. The van der Waals surface area contributed by atoms with Gasteiger partial charge in [0, 0.05) is 5.69 Å². The summed E-state index contributed by atoms with van der Waals surface area (Å²) in [5.41, 5.74) is 0.944. The van der Waals surface area contributed by atoms with Crippen LogP contribution in [0.5, 0.6) is 0 Å². The summed E-state index contributed by atoms with van der Waals surface area (Å²) in [6.45, 7) is 3.45. The van der Waals surface area contributed by atoms with E-state index in [0.29, 0.717) is 11.4 Å². The molecule has 2 N–H and O–H groups in total. The van der Waals surface area contributed by atoms with Crippen molar-refractivity contribution in [2.75, 3.05) is 10.0 Å². The normalized spacial score (nSPS) is 12.2. The number of sulfonamides is 1. The van der Waals surface area contributed by atoms with Gasteiger partial charge in [-0.05, 0) is 48.2 Å². The van der Waals surface area contributed by atoms with Crippen molar-refractivity contribution in [3.05, 3.63) is 63.4 Å². The van der Waals surface area contributed by atoms with E-state index < -0.39 is 20.9 Å². The fourth-order valence-electron chi connectivity index (χ4n) is 2.66. The van der Waals surface area contributed by atoms with Gasteiger partial charge >= 0.3 is 5.82 Å². The molecule has 3 rings (SSSR count). The fraction of sp³-hybridized carbons (Fsp3) is 0.222. The van der Waals surface area contributed by atoms with Crippen LogP contribution in [0.25, 0.3) is 0 Å². The van der Waals surface area contributed by atoms with Crippen molar-refractivity contribution < 1.29 is 18.1 Å². The Labute approximate surface area is 187 Å². The number of rotatable bonds is 8. The summed E-state index contributed by atoms with van der Waals surface area (Å²) < 4.78 is 28.6. The largest absolute Gasteiger partial charge is 0.390 e. The van der Waals surface area contributed by atoms with Crippen LogP contribution in [-0.4, -0.2) is 39.2 Å². The number of aromatic nitrogens is 4. The average Bonchev–Trinajstić information content (AvgIpc) is 3.10. The van der Waals surface area contributed by atoms with Crippen molar-refractivity contribution in [2.45, 2.75) is 25.3 Å². The topological polar surface area (TPSA) is 162 Å². The molecule has 12 nitrogen and oxygen atoms in total. The summed E-state index contributed by atoms with van der Waals surface area (Å²) in [5, 5.41) is 24.7. The Morgan fingerprint density at radius 2 is 1.91 bits per heavy atom. The lowest BCUT2D eigenvalue weighted by atomic mass is 10.1. The van der Waals surface area contributed by atoms with E-state index in [4.69, 9.17) is 11.6 Å². The smallest absolute Gasteiger partial charge is 0.358 e. The zero-order valence-corrected chi connectivity index (χ0v) is 18.5. The van der Waals surface area contributed by atoms with E-state index in [1.807, 2.05) is 0 Å². The molecule has 3 aromatic rings. The predicted molar refractivity (Wildman–Crippen MR) is 116 cm³/mol. The second-order valence-corrected chi connectivity index (χ2v) is 8.91. The fourth-order valence-corrected chi connectivity index (χ4v) is 3.76. The summed E-state index contributed by atoms with van der Waals surface area (Å²) in [6, 6.07) is 9.63. The van der Waals surface area contributed by atoms with Crippen molar-refractivity contribution in [1.29, 1.82) is 0 Å². The highest BCUT2D eigenvalue weighted by Crippen LogP contribution is 2.19. The van der Waals surface area contributed by atoms with E-state index in [0.717, 1.165) is 0 Å². The Kier molecular flexibility index (Phi) is 6.69. The van der Waals surface area contributed by atoms with Gasteiger partial charge in [0.2, 0.25) is 5.91 Å². The van der Waals surface area contributed by atoms with Crippen molar-refractivity contribution in [3.8, 4) is 0 Å². The summed E-state index contributed by atoms with van der Waals surface area (Å²) in [5.74, 6) is -1.19. The van der Waals surface area contributed by atoms with Gasteiger partial charge in [0.15, 0.2) is 11.0 Å². The van der Waals surface area contributed by atoms with Gasteiger partial charge < -0.3 is 15.4 Å². The van der Waals surface area contributed by atoms with E-state index in [-0.39, 0.29) is 34.1 Å². The standard InChI is InChI=1S/C18H18ClN7O5S/c1-11(10-25-12(2)9-17(23-25)26(28)29)18(27)20-13-3-5-14(6-4-13)32(30,31)24-16-8-7-15(19)21-22-16/h3-9,11H,10H2,1-2H3,(H,20,27)(H,22,24). The Morgan fingerprint density at radius 1 is 1.22 bits per heavy atom. The molecule has 2 aromatic heterocycles. The number of nitrogens with zero attached hydrogens (tertiary/aromatic N) is 5. The first-order valence-electron chi connectivity index (χ1n) is 9.17. The molecule has 1 atom stereocenters. The lowest BCUT2D eigenvalue weighted by Gasteiger charge is -2.12. The first-order valence-corrected chi connectivity index (χ1v) is 11.0. The van der Waals surface area contributed by atoms with Crippen LogP contribution in [0.4, 0.5) is 17.3 Å². The number of amides is 1. The third-order valence-electron chi connectivity index (χ3n) is 4.35. The van der Waals surface area contributed by atoms with Gasteiger partial charge in [-0.1, -0.05) is 18.5 Å². The van der Waals surface area contributed by atoms with E-state index in [1.165, 1.54) is 47.1 Å². The highest BCUT2D eigenvalue weighted by molar-refractivity contribution is 7.92. The lowest BCUT2D eigenvalue weighted by molar-refractivity contribution is -0.389. The quantitative estimate of drug-likeness (QED) is 0.368. The Balaban J connectivity index is 1.63. The monoisotopic (exact) mass is 479 g/mol. The number of carbonyl (C=O) groups excluding carboxylic acids is 1. The van der Waals surface area contributed by atoms with E-state index in [9.17, 15) is 23.3 Å². The minimum atomic E-state index is -3.91. The molecule has 0 fully saturated rings. The first-order chi connectivity index (χ1) is 15.0. The predicted octanol–water partition coefficient (Wildman–Crippen LogP) is 2.62. The molecule has 0 aliphatic rings. The molecular weight excluding hydrogens is 462 g/mol.